The lowest BCUT2D eigenvalue weighted by Gasteiger charge is -2.55. The first kappa shape index (κ1) is 22.6. The van der Waals surface area contributed by atoms with Crippen molar-refractivity contribution in [2.75, 3.05) is 19.8 Å². The summed E-state index contributed by atoms with van der Waals surface area (Å²) >= 11 is 0. The predicted octanol–water partition coefficient (Wildman–Crippen LogP) is 3.56. The van der Waals surface area contributed by atoms with E-state index in [9.17, 15) is 10.2 Å². The minimum absolute atomic E-state index is 0.0804. The van der Waals surface area contributed by atoms with Crippen LogP contribution in [-0.2, 0) is 9.47 Å². The fourth-order valence-corrected chi connectivity index (χ4v) is 9.09. The molecule has 0 aromatic heterocycles. The Hall–Kier alpha value is -0.200. The van der Waals surface area contributed by atoms with Crippen LogP contribution in [0.2, 0.25) is 0 Å². The van der Waals surface area contributed by atoms with Gasteiger partial charge >= 0.3 is 0 Å². The van der Waals surface area contributed by atoms with Crippen molar-refractivity contribution in [3.05, 3.63) is 0 Å². The molecule has 0 bridgehead atoms. The standard InChI is InChI=1S/C26H45NO4/c1-15-6-9-26(30-14-15)16(2)24-19-4-5-22(21(12-27)20(19)11-23(24)31-26)25(3)8-7-18(29)10-17(25)13-28/h15-24,28-29H,4-14,27H2,1-3H3/t15?,16-,17+,18-,19-,20+,21-,22-,23-,24+,25-,26+/m0/s1. The van der Waals surface area contributed by atoms with Gasteiger partial charge in [0, 0.05) is 18.9 Å². The first-order valence-corrected chi connectivity index (χ1v) is 13.1. The van der Waals surface area contributed by atoms with Gasteiger partial charge in [-0.1, -0.05) is 20.8 Å². The van der Waals surface area contributed by atoms with Crippen LogP contribution in [0.1, 0.15) is 72.1 Å². The van der Waals surface area contributed by atoms with Crippen molar-refractivity contribution in [2.24, 2.45) is 58.5 Å². The molecular formula is C26H45NO4. The van der Waals surface area contributed by atoms with E-state index in [4.69, 9.17) is 15.2 Å². The molecule has 1 spiro atoms. The van der Waals surface area contributed by atoms with Crippen molar-refractivity contribution in [1.82, 2.24) is 0 Å². The van der Waals surface area contributed by atoms with Gasteiger partial charge in [0.15, 0.2) is 5.79 Å². The van der Waals surface area contributed by atoms with Crippen LogP contribution in [0, 0.1) is 52.8 Å². The fraction of sp³-hybridized carbons (Fsp3) is 1.00. The molecule has 5 aliphatic rings. The van der Waals surface area contributed by atoms with E-state index in [1.807, 2.05) is 0 Å². The van der Waals surface area contributed by atoms with Crippen molar-refractivity contribution in [1.29, 1.82) is 0 Å². The van der Waals surface area contributed by atoms with E-state index in [1.54, 1.807) is 0 Å². The molecule has 5 heteroatoms. The Morgan fingerprint density at radius 2 is 1.84 bits per heavy atom. The lowest BCUT2D eigenvalue weighted by Crippen LogP contribution is -2.52. The van der Waals surface area contributed by atoms with Gasteiger partial charge in [-0.2, -0.15) is 0 Å². The van der Waals surface area contributed by atoms with Crippen LogP contribution in [0.3, 0.4) is 0 Å². The number of aliphatic hydroxyl groups is 2. The van der Waals surface area contributed by atoms with Gasteiger partial charge in [-0.3, -0.25) is 0 Å². The molecule has 178 valence electrons. The first-order valence-electron chi connectivity index (χ1n) is 13.1. The van der Waals surface area contributed by atoms with Gasteiger partial charge in [-0.05, 0) is 98.3 Å². The maximum atomic E-state index is 10.2. The van der Waals surface area contributed by atoms with Crippen LogP contribution in [-0.4, -0.2) is 48.0 Å². The van der Waals surface area contributed by atoms with Crippen molar-refractivity contribution in [2.45, 2.75) is 90.1 Å². The number of fused-ring (bicyclic) bond motifs is 3. The van der Waals surface area contributed by atoms with Crippen molar-refractivity contribution < 1.29 is 19.7 Å². The normalized spacial score (nSPS) is 57.1. The quantitative estimate of drug-likeness (QED) is 0.631. The number of aliphatic hydroxyl groups excluding tert-OH is 2. The second kappa shape index (κ2) is 8.23. The van der Waals surface area contributed by atoms with E-state index in [-0.39, 0.29) is 29.8 Å². The van der Waals surface area contributed by atoms with Crippen molar-refractivity contribution >= 4 is 0 Å². The second-order valence-electron chi connectivity index (χ2n) is 12.2. The van der Waals surface area contributed by atoms with Gasteiger partial charge in [0.25, 0.3) is 0 Å². The minimum atomic E-state index is -0.338. The van der Waals surface area contributed by atoms with E-state index in [1.165, 1.54) is 19.3 Å². The third-order valence-corrected chi connectivity index (χ3v) is 10.9. The zero-order valence-corrected chi connectivity index (χ0v) is 19.8. The maximum Gasteiger partial charge on any atom is 0.171 e. The molecule has 0 amide bonds. The number of ether oxygens (including phenoxy) is 2. The fourth-order valence-electron chi connectivity index (χ4n) is 9.09. The van der Waals surface area contributed by atoms with E-state index < -0.39 is 0 Å². The summed E-state index contributed by atoms with van der Waals surface area (Å²) in [5.74, 6) is 3.90. The van der Waals surface area contributed by atoms with Gasteiger partial charge in [0.2, 0.25) is 0 Å². The molecule has 0 aromatic rings. The number of hydrogen-bond donors (Lipinski definition) is 3. The van der Waals surface area contributed by atoms with Crippen molar-refractivity contribution in [3.63, 3.8) is 0 Å². The molecule has 31 heavy (non-hydrogen) atoms. The molecule has 12 atom stereocenters. The van der Waals surface area contributed by atoms with Gasteiger partial charge in [0.1, 0.15) is 0 Å². The summed E-state index contributed by atoms with van der Waals surface area (Å²) in [6.45, 7) is 8.79. The molecule has 0 radical (unpaired) electrons. The predicted molar refractivity (Wildman–Crippen MR) is 120 cm³/mol. The van der Waals surface area contributed by atoms with Crippen LogP contribution in [0.15, 0.2) is 0 Å². The zero-order valence-electron chi connectivity index (χ0n) is 19.8. The summed E-state index contributed by atoms with van der Waals surface area (Å²) in [5.41, 5.74) is 6.57. The SMILES string of the molecule is CC1CC[C@@]2(OC1)O[C@H]1C[C@@H]3[C@H](CC[C@H]([C@@]4(C)CC[C@H](O)C[C@@H]4CO)[C@H]3CN)[C@H]1[C@@H]2C. The van der Waals surface area contributed by atoms with Gasteiger partial charge < -0.3 is 25.4 Å². The molecule has 5 rings (SSSR count). The Balaban J connectivity index is 1.35. The lowest BCUT2D eigenvalue weighted by atomic mass is 9.51. The summed E-state index contributed by atoms with van der Waals surface area (Å²) in [6, 6.07) is 0. The van der Waals surface area contributed by atoms with Gasteiger partial charge in [-0.15, -0.1) is 0 Å². The highest BCUT2D eigenvalue weighted by atomic mass is 16.7. The van der Waals surface area contributed by atoms with E-state index in [0.29, 0.717) is 47.5 Å². The smallest absolute Gasteiger partial charge is 0.171 e. The van der Waals surface area contributed by atoms with E-state index in [2.05, 4.69) is 20.8 Å². The Morgan fingerprint density at radius 1 is 1.03 bits per heavy atom. The summed E-state index contributed by atoms with van der Waals surface area (Å²) in [7, 11) is 0. The molecule has 2 heterocycles. The highest BCUT2D eigenvalue weighted by Crippen LogP contribution is 2.64. The average Bonchev–Trinajstić information content (AvgIpc) is 3.25. The molecule has 0 aromatic carbocycles. The zero-order chi connectivity index (χ0) is 22.0. The molecule has 5 nitrogen and oxygen atoms in total. The van der Waals surface area contributed by atoms with Crippen LogP contribution < -0.4 is 5.73 Å². The average molecular weight is 436 g/mol. The summed E-state index contributed by atoms with van der Waals surface area (Å²) < 4.78 is 13.2. The third kappa shape index (κ3) is 3.44. The molecule has 5 fully saturated rings. The van der Waals surface area contributed by atoms with Crippen LogP contribution in [0.5, 0.6) is 0 Å². The largest absolute Gasteiger partial charge is 0.396 e. The molecule has 1 unspecified atom stereocenters. The maximum absolute atomic E-state index is 10.2. The highest BCUT2D eigenvalue weighted by Gasteiger charge is 2.64. The Morgan fingerprint density at radius 3 is 2.52 bits per heavy atom. The Labute approximate surface area is 188 Å². The summed E-state index contributed by atoms with van der Waals surface area (Å²) in [4.78, 5) is 0. The van der Waals surface area contributed by atoms with Gasteiger partial charge in [0.05, 0.1) is 18.8 Å². The van der Waals surface area contributed by atoms with Crippen LogP contribution in [0.4, 0.5) is 0 Å². The second-order valence-corrected chi connectivity index (χ2v) is 12.2. The molecule has 4 N–H and O–H groups in total. The van der Waals surface area contributed by atoms with Crippen LogP contribution in [0.25, 0.3) is 0 Å². The summed E-state index contributed by atoms with van der Waals surface area (Å²) in [5, 5.41) is 20.4. The molecular weight excluding hydrogens is 390 g/mol. The number of nitrogens with two attached hydrogens (primary N) is 1. The first-order chi connectivity index (χ1) is 14.8. The third-order valence-electron chi connectivity index (χ3n) is 10.9. The molecule has 3 aliphatic carbocycles. The topological polar surface area (TPSA) is 84.9 Å². The Bertz CT molecular complexity index is 649. The Kier molecular flexibility index (Phi) is 6.00. The monoisotopic (exact) mass is 435 g/mol. The van der Waals surface area contributed by atoms with Crippen LogP contribution >= 0.6 is 0 Å². The number of rotatable bonds is 3. The number of hydrogen-bond acceptors (Lipinski definition) is 5. The summed E-state index contributed by atoms with van der Waals surface area (Å²) in [6.07, 6.45) is 8.49. The minimum Gasteiger partial charge on any atom is -0.396 e. The highest BCUT2D eigenvalue weighted by molar-refractivity contribution is 5.09. The van der Waals surface area contributed by atoms with E-state index in [0.717, 1.165) is 45.3 Å². The lowest BCUT2D eigenvalue weighted by molar-refractivity contribution is -0.271. The molecule has 3 saturated carbocycles. The molecule has 2 aliphatic heterocycles. The van der Waals surface area contributed by atoms with Crippen molar-refractivity contribution in [3.8, 4) is 0 Å². The van der Waals surface area contributed by atoms with Gasteiger partial charge in [-0.25, -0.2) is 0 Å². The van der Waals surface area contributed by atoms with E-state index >= 15 is 0 Å². The molecule has 2 saturated heterocycles.